The summed E-state index contributed by atoms with van der Waals surface area (Å²) >= 11 is 8.12. The van der Waals surface area contributed by atoms with Crippen LogP contribution in [0.4, 0.5) is 0 Å². The summed E-state index contributed by atoms with van der Waals surface area (Å²) in [6, 6.07) is 0. The average molecular weight is 202 g/mol. The fourth-order valence-electron chi connectivity index (χ4n) is 0.123. The van der Waals surface area contributed by atoms with Gasteiger partial charge in [-0.25, -0.2) is 0 Å². The summed E-state index contributed by atoms with van der Waals surface area (Å²) in [7, 11) is 0. The van der Waals surface area contributed by atoms with E-state index >= 15 is 0 Å². The monoisotopic (exact) mass is 202 g/mol. The van der Waals surface area contributed by atoms with Crippen LogP contribution in [0.1, 0.15) is 9.78 Å². The molecule has 0 amide bonds. The van der Waals surface area contributed by atoms with E-state index < -0.39 is 0 Å². The van der Waals surface area contributed by atoms with E-state index in [1.54, 1.807) is 0 Å². The number of ether oxygens (including phenoxy) is 1. The maximum Gasteiger partial charge on any atom is 1.00 e. The predicted octanol–water partition coefficient (Wildman–Crippen LogP) is -4.53. The molecule has 0 fully saturated rings. The number of thiocarbonyl (C=S) groups is 1. The molecule has 0 aliphatic rings. The fourth-order valence-corrected chi connectivity index (χ4v) is 0.370. The molecule has 0 unspecified atom stereocenters. The second-order valence-corrected chi connectivity index (χ2v) is 1.78. The van der Waals surface area contributed by atoms with Crippen LogP contribution in [0.2, 0.25) is 0 Å². The van der Waals surface area contributed by atoms with Crippen molar-refractivity contribution in [2.24, 2.45) is 0 Å². The normalized spacial score (nSPS) is 5.75. The van der Waals surface area contributed by atoms with Gasteiger partial charge in [-0.3, -0.25) is 0 Å². The fraction of sp³-hybridized carbons (Fsp3) is 0.667. The standard InChI is InChI=1S/C3H6OS2.2K.2H/c1-2-4-3(5)6;;;;/h2H2,1H3,(H,5,6);;;;/q;2*+1;2*-1. The Labute approximate surface area is 149 Å². The van der Waals surface area contributed by atoms with Crippen molar-refractivity contribution in [1.82, 2.24) is 0 Å². The van der Waals surface area contributed by atoms with E-state index in [2.05, 4.69) is 29.6 Å². The molecule has 1 nitrogen and oxygen atoms in total. The van der Waals surface area contributed by atoms with Crippen molar-refractivity contribution < 1.29 is 110 Å². The van der Waals surface area contributed by atoms with Gasteiger partial charge in [0.1, 0.15) is 0 Å². The van der Waals surface area contributed by atoms with Crippen LogP contribution in [0.5, 0.6) is 0 Å². The Morgan fingerprint density at radius 3 is 2.12 bits per heavy atom. The Morgan fingerprint density at radius 2 is 2.12 bits per heavy atom. The number of hydrogen-bond acceptors (Lipinski definition) is 2. The first kappa shape index (κ1) is 17.6. The zero-order valence-corrected chi connectivity index (χ0v) is 13.4. The maximum atomic E-state index is 4.64. The van der Waals surface area contributed by atoms with Gasteiger partial charge in [-0.2, -0.15) is 0 Å². The average Bonchev–Trinajstić information content (AvgIpc) is 1.35. The van der Waals surface area contributed by atoms with Crippen molar-refractivity contribution >= 4 is 29.2 Å². The summed E-state index contributed by atoms with van der Waals surface area (Å²) in [6.45, 7) is 2.48. The van der Waals surface area contributed by atoms with E-state index in [-0.39, 0.29) is 106 Å². The van der Waals surface area contributed by atoms with Crippen molar-refractivity contribution in [1.29, 1.82) is 0 Å². The maximum absolute atomic E-state index is 4.64. The summed E-state index contributed by atoms with van der Waals surface area (Å²) in [5.74, 6) is 0. The van der Waals surface area contributed by atoms with Crippen LogP contribution in [0.15, 0.2) is 0 Å². The number of hydrogen-bond donors (Lipinski definition) is 1. The topological polar surface area (TPSA) is 9.23 Å². The summed E-state index contributed by atoms with van der Waals surface area (Å²) in [5.41, 5.74) is 0. The molecule has 0 aromatic carbocycles. The molecule has 0 N–H and O–H groups in total. The van der Waals surface area contributed by atoms with E-state index in [1.165, 1.54) is 0 Å². The Balaban J connectivity index is -0.0000000208. The van der Waals surface area contributed by atoms with Crippen molar-refractivity contribution in [3.63, 3.8) is 0 Å². The number of rotatable bonds is 1. The van der Waals surface area contributed by atoms with Gasteiger partial charge in [0.2, 0.25) is 4.38 Å². The van der Waals surface area contributed by atoms with Gasteiger partial charge in [0.05, 0.1) is 6.61 Å². The molecular weight excluding hydrogens is 194 g/mol. The minimum atomic E-state index is 0. The minimum Gasteiger partial charge on any atom is -1.00 e. The summed E-state index contributed by atoms with van der Waals surface area (Å²) in [4.78, 5) is 0. The van der Waals surface area contributed by atoms with Crippen LogP contribution in [0.25, 0.3) is 0 Å². The van der Waals surface area contributed by atoms with Crippen LogP contribution in [-0.2, 0) is 4.74 Å². The van der Waals surface area contributed by atoms with Gasteiger partial charge in [0.15, 0.2) is 0 Å². The van der Waals surface area contributed by atoms with E-state index in [0.717, 1.165) is 0 Å². The van der Waals surface area contributed by atoms with E-state index in [1.807, 2.05) is 6.92 Å². The Morgan fingerprint density at radius 1 is 1.75 bits per heavy atom. The molecule has 0 atom stereocenters. The summed E-state index contributed by atoms with van der Waals surface area (Å²) in [5, 5.41) is 0. The van der Waals surface area contributed by atoms with E-state index in [9.17, 15) is 0 Å². The van der Waals surface area contributed by atoms with Crippen LogP contribution in [0.3, 0.4) is 0 Å². The first-order valence-corrected chi connectivity index (χ1v) is 2.48. The van der Waals surface area contributed by atoms with Crippen LogP contribution in [-0.4, -0.2) is 11.0 Å². The summed E-state index contributed by atoms with van der Waals surface area (Å²) < 4.78 is 4.95. The Kier molecular flexibility index (Phi) is 28.8. The molecule has 0 aliphatic heterocycles. The van der Waals surface area contributed by atoms with Crippen LogP contribution >= 0.6 is 24.8 Å². The first-order chi connectivity index (χ1) is 2.77. The molecule has 0 aliphatic carbocycles. The van der Waals surface area contributed by atoms with Crippen molar-refractivity contribution in [2.45, 2.75) is 6.92 Å². The molecule has 0 saturated carbocycles. The zero-order valence-electron chi connectivity index (χ0n) is 7.47. The molecule has 8 heavy (non-hydrogen) atoms. The van der Waals surface area contributed by atoms with Crippen molar-refractivity contribution in [3.8, 4) is 0 Å². The zero-order chi connectivity index (χ0) is 4.99. The van der Waals surface area contributed by atoms with Crippen molar-refractivity contribution in [2.75, 3.05) is 6.61 Å². The molecule has 0 rings (SSSR count). The summed E-state index contributed by atoms with van der Waals surface area (Å²) in [6.07, 6.45) is 0. The molecule has 0 aromatic heterocycles. The van der Waals surface area contributed by atoms with Gasteiger partial charge in [-0.05, 0) is 19.1 Å². The molecule has 0 bridgehead atoms. The van der Waals surface area contributed by atoms with Crippen LogP contribution < -0.4 is 103 Å². The van der Waals surface area contributed by atoms with E-state index in [0.29, 0.717) is 11.0 Å². The second kappa shape index (κ2) is 13.1. The molecule has 40 valence electrons. The Hall–Kier alpha value is 3.51. The predicted molar refractivity (Wildman–Crippen MR) is 35.4 cm³/mol. The minimum absolute atomic E-state index is 0. The smallest absolute Gasteiger partial charge is 1.00 e. The molecular formula is C3H8K2OS2. The van der Waals surface area contributed by atoms with Gasteiger partial charge in [0, 0.05) is 0 Å². The second-order valence-electron chi connectivity index (χ2n) is 0.699. The van der Waals surface area contributed by atoms with Crippen LogP contribution in [0, 0.1) is 0 Å². The largest absolute Gasteiger partial charge is 1.00 e. The van der Waals surface area contributed by atoms with Gasteiger partial charge in [-0.15, -0.1) is 0 Å². The van der Waals surface area contributed by atoms with E-state index in [4.69, 9.17) is 0 Å². The van der Waals surface area contributed by atoms with Gasteiger partial charge >= 0.3 is 103 Å². The molecule has 0 radical (unpaired) electrons. The SMILES string of the molecule is CCOC(=S)S.[H-].[H-].[K+].[K+]. The van der Waals surface area contributed by atoms with Gasteiger partial charge in [0.25, 0.3) is 0 Å². The molecule has 0 heterocycles. The number of thiol groups is 1. The molecule has 0 aromatic rings. The van der Waals surface area contributed by atoms with Gasteiger partial charge < -0.3 is 7.59 Å². The molecule has 0 saturated heterocycles. The molecule has 5 heteroatoms. The Bertz CT molecular complexity index is 66.5. The molecule has 0 spiro atoms. The third-order valence-corrected chi connectivity index (χ3v) is 0.515. The quantitative estimate of drug-likeness (QED) is 0.261. The van der Waals surface area contributed by atoms with Gasteiger partial charge in [-0.1, -0.05) is 12.6 Å². The van der Waals surface area contributed by atoms with Crippen molar-refractivity contribution in [3.05, 3.63) is 0 Å². The third kappa shape index (κ3) is 16.3. The third-order valence-electron chi connectivity index (χ3n) is 0.268. The first-order valence-electron chi connectivity index (χ1n) is 1.63.